The molecule has 2 saturated carbocycles. The van der Waals surface area contributed by atoms with Crippen LogP contribution in [0.4, 0.5) is 4.39 Å². The van der Waals surface area contributed by atoms with E-state index in [1.54, 1.807) is 6.07 Å². The Hall–Kier alpha value is -2.68. The summed E-state index contributed by atoms with van der Waals surface area (Å²) in [6, 6.07) is 13.5. The SMILES string of the molecule is CCCc1ccc(-c2ccc3cc(CCC4CCC(/C=C/C5CCC(C)CC5)CC4)oc(=O)c3c2F)cc1. The molecule has 202 valence electrons. The van der Waals surface area contributed by atoms with Crippen LogP contribution in [0.5, 0.6) is 0 Å². The molecule has 0 spiro atoms. The number of halogens is 1. The van der Waals surface area contributed by atoms with E-state index in [0.717, 1.165) is 49.0 Å². The van der Waals surface area contributed by atoms with Crippen LogP contribution in [0.3, 0.4) is 0 Å². The number of hydrogen-bond acceptors (Lipinski definition) is 2. The van der Waals surface area contributed by atoms with Crippen molar-refractivity contribution in [2.24, 2.45) is 23.7 Å². The summed E-state index contributed by atoms with van der Waals surface area (Å²) in [4.78, 5) is 12.8. The number of fused-ring (bicyclic) bond motifs is 1. The lowest BCUT2D eigenvalue weighted by atomic mass is 9.78. The van der Waals surface area contributed by atoms with E-state index in [4.69, 9.17) is 4.42 Å². The number of rotatable bonds is 8. The van der Waals surface area contributed by atoms with Gasteiger partial charge in [-0.1, -0.05) is 81.7 Å². The van der Waals surface area contributed by atoms with Crippen LogP contribution >= 0.6 is 0 Å². The standard InChI is InChI=1S/C35H43FO2/c1-3-4-25-15-18-29(19-16-25)32-22-20-30-23-31(38-35(37)33(30)34(32)36)21-17-28-13-11-27(12-14-28)10-9-26-7-5-24(2)6-8-26/h9-10,15-16,18-20,22-24,26-28H,3-8,11-14,17,21H2,1-2H3/b10-9+. The Labute approximate surface area is 227 Å². The summed E-state index contributed by atoms with van der Waals surface area (Å²) in [6.07, 6.45) is 19.4. The zero-order valence-corrected chi connectivity index (χ0v) is 23.2. The zero-order chi connectivity index (χ0) is 26.5. The summed E-state index contributed by atoms with van der Waals surface area (Å²) in [7, 11) is 0. The third-order valence-corrected chi connectivity index (χ3v) is 9.13. The molecule has 0 unspecified atom stereocenters. The lowest BCUT2D eigenvalue weighted by Gasteiger charge is -2.28. The monoisotopic (exact) mass is 514 g/mol. The second-order valence-electron chi connectivity index (χ2n) is 12.1. The molecule has 1 heterocycles. The van der Waals surface area contributed by atoms with E-state index in [-0.39, 0.29) is 5.39 Å². The van der Waals surface area contributed by atoms with Gasteiger partial charge >= 0.3 is 5.63 Å². The van der Waals surface area contributed by atoms with Gasteiger partial charge in [0.2, 0.25) is 0 Å². The minimum absolute atomic E-state index is 0.0589. The highest BCUT2D eigenvalue weighted by atomic mass is 19.1. The Morgan fingerprint density at radius 2 is 1.53 bits per heavy atom. The van der Waals surface area contributed by atoms with Crippen molar-refractivity contribution in [1.82, 2.24) is 0 Å². The number of aryl methyl sites for hydroxylation is 2. The van der Waals surface area contributed by atoms with Crippen molar-refractivity contribution in [2.45, 2.75) is 90.9 Å². The summed E-state index contributed by atoms with van der Waals surface area (Å²) in [5.41, 5.74) is 1.90. The van der Waals surface area contributed by atoms with Gasteiger partial charge in [0.1, 0.15) is 17.0 Å². The molecule has 2 aliphatic carbocycles. The average Bonchev–Trinajstić information content (AvgIpc) is 2.93. The van der Waals surface area contributed by atoms with E-state index < -0.39 is 11.4 Å². The second kappa shape index (κ2) is 12.5. The molecule has 5 rings (SSSR count). The minimum Gasteiger partial charge on any atom is -0.427 e. The summed E-state index contributed by atoms with van der Waals surface area (Å²) in [5, 5.41) is 0.689. The van der Waals surface area contributed by atoms with Gasteiger partial charge in [-0.2, -0.15) is 0 Å². The van der Waals surface area contributed by atoms with Gasteiger partial charge in [0, 0.05) is 12.0 Å². The molecule has 0 atom stereocenters. The van der Waals surface area contributed by atoms with Crippen LogP contribution in [0.1, 0.15) is 89.4 Å². The molecule has 2 nitrogen and oxygen atoms in total. The molecular weight excluding hydrogens is 471 g/mol. The lowest BCUT2D eigenvalue weighted by molar-refractivity contribution is 0.287. The van der Waals surface area contributed by atoms with Crippen LogP contribution < -0.4 is 5.63 Å². The predicted octanol–water partition coefficient (Wildman–Crippen LogP) is 9.67. The first-order valence-corrected chi connectivity index (χ1v) is 15.0. The molecule has 0 saturated heterocycles. The highest BCUT2D eigenvalue weighted by Gasteiger charge is 2.22. The molecule has 2 aliphatic rings. The van der Waals surface area contributed by atoms with Gasteiger partial charge in [0.15, 0.2) is 0 Å². The van der Waals surface area contributed by atoms with E-state index in [2.05, 4.69) is 26.0 Å². The largest absolute Gasteiger partial charge is 0.427 e. The Balaban J connectivity index is 1.18. The normalized spacial score (nSPS) is 24.3. The Morgan fingerprint density at radius 3 is 2.18 bits per heavy atom. The maximum absolute atomic E-state index is 15.4. The molecule has 3 aromatic rings. The molecule has 0 radical (unpaired) electrons. The summed E-state index contributed by atoms with van der Waals surface area (Å²) >= 11 is 0. The van der Waals surface area contributed by atoms with E-state index in [9.17, 15) is 4.79 Å². The summed E-state index contributed by atoms with van der Waals surface area (Å²) in [6.45, 7) is 4.53. The first kappa shape index (κ1) is 26.9. The van der Waals surface area contributed by atoms with Gasteiger partial charge in [-0.25, -0.2) is 9.18 Å². The molecule has 38 heavy (non-hydrogen) atoms. The smallest absolute Gasteiger partial charge is 0.346 e. The Bertz CT molecular complexity index is 1290. The molecule has 0 aliphatic heterocycles. The van der Waals surface area contributed by atoms with Crippen LogP contribution in [0, 0.1) is 29.5 Å². The van der Waals surface area contributed by atoms with Crippen molar-refractivity contribution in [3.8, 4) is 11.1 Å². The van der Waals surface area contributed by atoms with Crippen molar-refractivity contribution in [3.63, 3.8) is 0 Å². The molecular formula is C35H43FO2. The fraction of sp³-hybridized carbons (Fsp3) is 0.514. The number of hydrogen-bond donors (Lipinski definition) is 0. The third kappa shape index (κ3) is 6.47. The minimum atomic E-state index is -0.564. The van der Waals surface area contributed by atoms with Gasteiger partial charge in [0.05, 0.1) is 0 Å². The maximum Gasteiger partial charge on any atom is 0.346 e. The zero-order valence-electron chi connectivity index (χ0n) is 23.2. The molecule has 3 heteroatoms. The average molecular weight is 515 g/mol. The summed E-state index contributed by atoms with van der Waals surface area (Å²) < 4.78 is 21.1. The molecule has 2 fully saturated rings. The first-order valence-electron chi connectivity index (χ1n) is 15.0. The van der Waals surface area contributed by atoms with Crippen molar-refractivity contribution in [2.75, 3.05) is 0 Å². The van der Waals surface area contributed by atoms with Gasteiger partial charge in [0.25, 0.3) is 0 Å². The van der Waals surface area contributed by atoms with Gasteiger partial charge in [-0.15, -0.1) is 0 Å². The van der Waals surface area contributed by atoms with Gasteiger partial charge in [-0.05, 0) is 97.6 Å². The molecule has 0 N–H and O–H groups in total. The van der Waals surface area contributed by atoms with E-state index in [1.165, 1.54) is 56.9 Å². The molecule has 2 aromatic carbocycles. The highest BCUT2D eigenvalue weighted by molar-refractivity contribution is 5.87. The van der Waals surface area contributed by atoms with Gasteiger partial charge < -0.3 is 4.42 Å². The van der Waals surface area contributed by atoms with Crippen molar-refractivity contribution >= 4 is 10.8 Å². The van der Waals surface area contributed by atoms with Crippen LogP contribution in [-0.2, 0) is 12.8 Å². The van der Waals surface area contributed by atoms with Crippen molar-refractivity contribution in [3.05, 3.63) is 82.2 Å². The van der Waals surface area contributed by atoms with Crippen LogP contribution in [-0.4, -0.2) is 0 Å². The van der Waals surface area contributed by atoms with Gasteiger partial charge in [-0.3, -0.25) is 0 Å². The summed E-state index contributed by atoms with van der Waals surface area (Å²) in [5.74, 6) is 3.29. The third-order valence-electron chi connectivity index (χ3n) is 9.13. The van der Waals surface area contributed by atoms with Crippen LogP contribution in [0.25, 0.3) is 21.9 Å². The Morgan fingerprint density at radius 1 is 0.868 bits per heavy atom. The van der Waals surface area contributed by atoms with Crippen LogP contribution in [0.2, 0.25) is 0 Å². The predicted molar refractivity (Wildman–Crippen MR) is 156 cm³/mol. The van der Waals surface area contributed by atoms with E-state index in [0.29, 0.717) is 22.6 Å². The Kier molecular flexibility index (Phi) is 8.82. The fourth-order valence-electron chi connectivity index (χ4n) is 6.59. The number of benzene rings is 2. The molecule has 0 amide bonds. The highest BCUT2D eigenvalue weighted by Crippen LogP contribution is 2.35. The van der Waals surface area contributed by atoms with Crippen LogP contribution in [0.15, 0.2) is 63.8 Å². The first-order chi connectivity index (χ1) is 18.5. The van der Waals surface area contributed by atoms with Crippen molar-refractivity contribution in [1.29, 1.82) is 0 Å². The van der Waals surface area contributed by atoms with Crippen molar-refractivity contribution < 1.29 is 8.81 Å². The lowest BCUT2D eigenvalue weighted by Crippen LogP contribution is -2.15. The topological polar surface area (TPSA) is 30.2 Å². The quantitative estimate of drug-likeness (QED) is 0.280. The van der Waals surface area contributed by atoms with E-state index in [1.807, 2.05) is 36.4 Å². The maximum atomic E-state index is 15.4. The molecule has 0 bridgehead atoms. The fourth-order valence-corrected chi connectivity index (χ4v) is 6.59. The number of allylic oxidation sites excluding steroid dienone is 2. The second-order valence-corrected chi connectivity index (χ2v) is 12.1. The molecule has 1 aromatic heterocycles. The van der Waals surface area contributed by atoms with E-state index >= 15 is 4.39 Å².